The Balaban J connectivity index is 3.61. The van der Waals surface area contributed by atoms with Gasteiger partial charge in [-0.15, -0.1) is 4.20 Å². The molecule has 0 fully saturated rings. The van der Waals surface area contributed by atoms with Gasteiger partial charge in [-0.05, 0) is 0 Å². The first-order chi connectivity index (χ1) is 3.12. The maximum Gasteiger partial charge on any atom is 0.539 e. The van der Waals surface area contributed by atoms with Gasteiger partial charge in [-0.3, -0.25) is 0 Å². The van der Waals surface area contributed by atoms with E-state index in [2.05, 4.69) is 18.8 Å². The van der Waals surface area contributed by atoms with Crippen LogP contribution >= 0.6 is 42.8 Å². The fourth-order valence-corrected chi connectivity index (χ4v) is 0.643. The molecular formula is ClFIO3P. The van der Waals surface area contributed by atoms with E-state index in [0.717, 1.165) is 23.0 Å². The first kappa shape index (κ1) is 8.10. The molecule has 0 heterocycles. The van der Waals surface area contributed by atoms with E-state index in [1.807, 2.05) is 0 Å². The summed E-state index contributed by atoms with van der Waals surface area (Å²) in [5, 5.41) is 0. The van der Waals surface area contributed by atoms with Crippen LogP contribution in [0.1, 0.15) is 0 Å². The molecule has 1 atom stereocenters. The Bertz CT molecular complexity index is 86.9. The van der Waals surface area contributed by atoms with Crippen LogP contribution in [0.3, 0.4) is 0 Å². The van der Waals surface area contributed by atoms with Crippen LogP contribution in [0, 0.1) is 0 Å². The molecule has 0 aliphatic carbocycles. The molecule has 0 rings (SSSR count). The summed E-state index contributed by atoms with van der Waals surface area (Å²) in [5.41, 5.74) is 0. The van der Waals surface area contributed by atoms with Crippen LogP contribution in [0.25, 0.3) is 0 Å². The highest BCUT2D eigenvalue weighted by atomic mass is 127. The molecule has 44 valence electrons. The summed E-state index contributed by atoms with van der Waals surface area (Å²) in [7, 11) is -4.40. The first-order valence-electron chi connectivity index (χ1n) is 1.03. The second-order valence-corrected chi connectivity index (χ2v) is 3.30. The summed E-state index contributed by atoms with van der Waals surface area (Å²) in [6, 6.07) is 0. The van der Waals surface area contributed by atoms with E-state index in [-0.39, 0.29) is 0 Å². The van der Waals surface area contributed by atoms with Crippen molar-refractivity contribution < 1.29 is 15.7 Å². The van der Waals surface area contributed by atoms with Crippen molar-refractivity contribution in [3.63, 3.8) is 0 Å². The van der Waals surface area contributed by atoms with Crippen molar-refractivity contribution in [3.05, 3.63) is 0 Å². The quantitative estimate of drug-likeness (QED) is 0.565. The molecule has 0 spiro atoms. The van der Waals surface area contributed by atoms with E-state index < -0.39 is 7.91 Å². The summed E-state index contributed by atoms with van der Waals surface area (Å²) in [5.74, 6) is 0. The zero-order chi connectivity index (χ0) is 5.91. The van der Waals surface area contributed by atoms with Crippen molar-refractivity contribution >= 4 is 42.8 Å². The summed E-state index contributed by atoms with van der Waals surface area (Å²) in [6.45, 7) is 0. The predicted molar refractivity (Wildman–Crippen MR) is 30.8 cm³/mol. The minimum absolute atomic E-state index is 1.08. The van der Waals surface area contributed by atoms with E-state index in [0.29, 0.717) is 0 Å². The van der Waals surface area contributed by atoms with E-state index in [9.17, 15) is 8.76 Å². The molecule has 1 unspecified atom stereocenters. The molecule has 3 nitrogen and oxygen atoms in total. The van der Waals surface area contributed by atoms with Gasteiger partial charge < -0.3 is 0 Å². The van der Waals surface area contributed by atoms with Gasteiger partial charge in [0.15, 0.2) is 0 Å². The molecule has 0 aromatic carbocycles. The minimum atomic E-state index is -4.40. The summed E-state index contributed by atoms with van der Waals surface area (Å²) in [4.78, 5) is 0. The lowest BCUT2D eigenvalue weighted by Crippen LogP contribution is -1.65. The van der Waals surface area contributed by atoms with Crippen LogP contribution in [0.4, 0.5) is 4.20 Å². The van der Waals surface area contributed by atoms with E-state index in [4.69, 9.17) is 0 Å². The first-order valence-corrected chi connectivity index (χ1v) is 3.65. The molecule has 7 heavy (non-hydrogen) atoms. The largest absolute Gasteiger partial charge is 0.539 e. The van der Waals surface area contributed by atoms with Gasteiger partial charge in [0, 0.05) is 0 Å². The van der Waals surface area contributed by atoms with Crippen molar-refractivity contribution in [1.82, 2.24) is 0 Å². The Morgan fingerprint density at radius 3 is 2.29 bits per heavy atom. The smallest absolute Gasteiger partial charge is 0.221 e. The average molecular weight is 260 g/mol. The molecule has 0 radical (unpaired) electrons. The highest BCUT2D eigenvalue weighted by Crippen LogP contribution is 2.52. The number of halogens is 3. The molecule has 0 saturated carbocycles. The van der Waals surface area contributed by atoms with Crippen LogP contribution in [0.15, 0.2) is 0 Å². The summed E-state index contributed by atoms with van der Waals surface area (Å²) < 4.78 is 28.0. The van der Waals surface area contributed by atoms with Gasteiger partial charge in [-0.25, -0.2) is 7.42 Å². The molecule has 7 heteroatoms. The van der Waals surface area contributed by atoms with Crippen LogP contribution < -0.4 is 0 Å². The fourth-order valence-electron chi connectivity index (χ4n) is 0.0106. The Kier molecular flexibility index (Phi) is 3.69. The normalized spacial score (nSPS) is 18.7. The standard InChI is InChI=1S/ClFIO3P/c1-5-7(2,4)6-3. The van der Waals surface area contributed by atoms with Crippen LogP contribution in [-0.4, -0.2) is 0 Å². The van der Waals surface area contributed by atoms with Crippen molar-refractivity contribution in [2.24, 2.45) is 0 Å². The van der Waals surface area contributed by atoms with Crippen LogP contribution in [0.2, 0.25) is 0 Å². The van der Waals surface area contributed by atoms with Crippen molar-refractivity contribution in [2.45, 2.75) is 0 Å². The average Bonchev–Trinajstić information content (AvgIpc) is 1.68. The number of hydrogen-bond acceptors (Lipinski definition) is 3. The topological polar surface area (TPSA) is 35.5 Å². The predicted octanol–water partition coefficient (Wildman–Crippen LogP) is 2.60. The SMILES string of the molecule is O=P(F)(OCl)OI. The maximum absolute atomic E-state index is 11.5. The highest BCUT2D eigenvalue weighted by Gasteiger charge is 2.21. The Morgan fingerprint density at radius 2 is 2.29 bits per heavy atom. The summed E-state index contributed by atoms with van der Waals surface area (Å²) >= 11 is 5.41. The third-order valence-electron chi connectivity index (χ3n) is 0.165. The van der Waals surface area contributed by atoms with Crippen molar-refractivity contribution in [1.29, 1.82) is 0 Å². The van der Waals surface area contributed by atoms with Gasteiger partial charge in [0.05, 0.1) is 11.9 Å². The molecule has 0 aromatic heterocycles. The van der Waals surface area contributed by atoms with Gasteiger partial charge in [-0.1, -0.05) is 0 Å². The molecule has 0 bridgehead atoms. The Labute approximate surface area is 58.6 Å². The van der Waals surface area contributed by atoms with Gasteiger partial charge in [-0.2, -0.15) is 4.08 Å². The van der Waals surface area contributed by atoms with Gasteiger partial charge in [0.25, 0.3) is 0 Å². The molecule has 0 amide bonds. The zero-order valence-corrected chi connectivity index (χ0v) is 6.61. The van der Waals surface area contributed by atoms with Gasteiger partial charge in [0.1, 0.15) is 23.0 Å². The monoisotopic (exact) mass is 260 g/mol. The van der Waals surface area contributed by atoms with Crippen molar-refractivity contribution in [3.8, 4) is 0 Å². The molecular weight excluding hydrogens is 260 g/mol. The van der Waals surface area contributed by atoms with Crippen LogP contribution in [-0.2, 0) is 11.5 Å². The number of hydrogen-bond donors (Lipinski definition) is 0. The lowest BCUT2D eigenvalue weighted by Gasteiger charge is -1.92. The Hall–Kier alpha value is 1.10. The van der Waals surface area contributed by atoms with Gasteiger partial charge in [0.2, 0.25) is 0 Å². The second kappa shape index (κ2) is 3.19. The van der Waals surface area contributed by atoms with Gasteiger partial charge >= 0.3 is 7.91 Å². The third kappa shape index (κ3) is 3.66. The van der Waals surface area contributed by atoms with E-state index in [1.54, 1.807) is 0 Å². The molecule has 0 aliphatic rings. The minimum Gasteiger partial charge on any atom is -0.221 e. The summed E-state index contributed by atoms with van der Waals surface area (Å²) in [6.07, 6.45) is 0. The van der Waals surface area contributed by atoms with E-state index in [1.165, 1.54) is 0 Å². The van der Waals surface area contributed by atoms with Crippen LogP contribution in [0.5, 0.6) is 0 Å². The third-order valence-corrected chi connectivity index (χ3v) is 2.40. The second-order valence-electron chi connectivity index (χ2n) is 0.569. The molecule has 0 aliphatic heterocycles. The Morgan fingerprint density at radius 1 is 1.86 bits per heavy atom. The van der Waals surface area contributed by atoms with Crippen molar-refractivity contribution in [2.75, 3.05) is 0 Å². The van der Waals surface area contributed by atoms with E-state index >= 15 is 0 Å². The number of rotatable bonds is 2. The maximum atomic E-state index is 11.5. The molecule has 0 aromatic rings. The zero-order valence-electron chi connectivity index (χ0n) is 2.81. The molecule has 0 N–H and O–H groups in total. The highest BCUT2D eigenvalue weighted by molar-refractivity contribution is 14.1. The lowest BCUT2D eigenvalue weighted by molar-refractivity contribution is 0.385. The lowest BCUT2D eigenvalue weighted by atomic mass is 15.8. The molecule has 0 saturated heterocycles. The fraction of sp³-hybridized carbons (Fsp3) is 0.